The molecular weight excluding hydrogens is 807 g/mol. The van der Waals surface area contributed by atoms with Crippen molar-refractivity contribution in [1.29, 1.82) is 0 Å². The predicted octanol–water partition coefficient (Wildman–Crippen LogP) is 14.2. The van der Waals surface area contributed by atoms with Gasteiger partial charge in [-0.05, 0) is 45.5 Å². The molecule has 2 fully saturated rings. The summed E-state index contributed by atoms with van der Waals surface area (Å²) in [4.78, 5) is 0. The fraction of sp³-hybridized carbons (Fsp3) is 0.333. The zero-order chi connectivity index (χ0) is 43.5. The molecule has 0 unspecified atom stereocenters. The van der Waals surface area contributed by atoms with E-state index in [2.05, 4.69) is 213 Å². The number of hydrogen-bond acceptors (Lipinski definition) is 6. The van der Waals surface area contributed by atoms with E-state index in [0.29, 0.717) is 26.4 Å². The normalized spacial score (nSPS) is 20.1. The van der Waals surface area contributed by atoms with E-state index in [0.717, 1.165) is 22.6 Å². The first kappa shape index (κ1) is 44.2. The molecule has 0 aliphatic carbocycles. The van der Waals surface area contributed by atoms with Gasteiger partial charge >= 0.3 is 17.2 Å². The number of rotatable bonds is 13. The number of hydrogen-bond donors (Lipinski definition) is 0. The largest absolute Gasteiger partial charge is 0.426 e. The van der Waals surface area contributed by atoms with Crippen LogP contribution in [0.15, 0.2) is 158 Å². The van der Waals surface area contributed by atoms with E-state index in [-0.39, 0.29) is 33.5 Å². The smallest absolute Gasteiger partial charge is 0.397 e. The first-order valence-electron chi connectivity index (χ1n) is 21.7. The molecule has 8 rings (SSSR count). The Kier molecular flexibility index (Phi) is 13.1. The van der Waals surface area contributed by atoms with E-state index >= 15 is 0 Å². The molecule has 6 aromatic rings. The van der Waals surface area contributed by atoms with Gasteiger partial charge in [0, 0.05) is 44.6 Å². The Morgan fingerprint density at radius 2 is 0.629 bits per heavy atom. The first-order valence-corrected chi connectivity index (χ1v) is 23.9. The van der Waals surface area contributed by atoms with Gasteiger partial charge in [-0.15, -0.1) is 0 Å². The van der Waals surface area contributed by atoms with Gasteiger partial charge in [-0.3, -0.25) is 0 Å². The zero-order valence-corrected chi connectivity index (χ0v) is 39.1. The van der Waals surface area contributed by atoms with Crippen LogP contribution in [-0.2, 0) is 39.8 Å². The summed E-state index contributed by atoms with van der Waals surface area (Å²) in [5.74, 6) is 1.73. The van der Waals surface area contributed by atoms with Crippen molar-refractivity contribution in [2.75, 3.05) is 26.4 Å². The summed E-state index contributed by atoms with van der Waals surface area (Å²) in [6.07, 6.45) is 0. The second kappa shape index (κ2) is 18.4. The minimum absolute atomic E-state index is 0.0934. The molecule has 0 saturated carbocycles. The van der Waals surface area contributed by atoms with E-state index in [9.17, 15) is 0 Å². The lowest BCUT2D eigenvalue weighted by atomic mass is 9.73. The molecule has 62 heavy (non-hydrogen) atoms. The highest BCUT2D eigenvalue weighted by atomic mass is 31.2. The molecule has 2 aliphatic rings. The minimum atomic E-state index is -1.61. The Morgan fingerprint density at radius 1 is 0.355 bits per heavy atom. The third kappa shape index (κ3) is 9.29. The summed E-state index contributed by atoms with van der Waals surface area (Å²) in [6, 6.07) is 55.7. The fourth-order valence-corrected chi connectivity index (χ4v) is 10.9. The van der Waals surface area contributed by atoms with Gasteiger partial charge in [0.05, 0.1) is 26.4 Å². The van der Waals surface area contributed by atoms with Gasteiger partial charge in [0.15, 0.2) is 0 Å². The van der Waals surface area contributed by atoms with Crippen LogP contribution < -0.4 is 9.05 Å². The van der Waals surface area contributed by atoms with Crippen molar-refractivity contribution >= 4 is 17.2 Å². The van der Waals surface area contributed by atoms with Crippen LogP contribution in [0.1, 0.15) is 99.9 Å². The van der Waals surface area contributed by atoms with Crippen molar-refractivity contribution in [2.24, 2.45) is 11.8 Å². The van der Waals surface area contributed by atoms with E-state index in [4.69, 9.17) is 27.1 Å². The molecule has 0 N–H and O–H groups in total. The SMILES string of the molecule is CC(C)(c1ccccc1)c1ccc(OP2OCC(C3COP(Oc4ccc(C(C)(C)c5ccccc5)cc4C(C)(C)c4ccccc4)OC3)CO2)c(C(C)(C)c2ccccc2)c1. The van der Waals surface area contributed by atoms with Gasteiger partial charge in [-0.25, -0.2) is 0 Å². The monoisotopic (exact) mass is 866 g/mol. The molecule has 8 heteroatoms. The molecular formula is C54H60O6P2. The van der Waals surface area contributed by atoms with E-state index < -0.39 is 17.2 Å². The summed E-state index contributed by atoms with van der Waals surface area (Å²) in [5, 5.41) is 0. The summed E-state index contributed by atoms with van der Waals surface area (Å²) in [7, 11) is -3.23. The molecule has 6 nitrogen and oxygen atoms in total. The van der Waals surface area contributed by atoms with E-state index in [1.807, 2.05) is 0 Å². The molecule has 0 amide bonds. The molecule has 322 valence electrons. The second-order valence-electron chi connectivity index (χ2n) is 18.7. The lowest BCUT2D eigenvalue weighted by Crippen LogP contribution is -2.35. The first-order chi connectivity index (χ1) is 29.7. The van der Waals surface area contributed by atoms with Crippen molar-refractivity contribution < 1.29 is 27.1 Å². The van der Waals surface area contributed by atoms with Gasteiger partial charge < -0.3 is 27.1 Å². The molecule has 2 saturated heterocycles. The summed E-state index contributed by atoms with van der Waals surface area (Å²) in [6.45, 7) is 20.1. The quantitative estimate of drug-likeness (QED) is 0.108. The average Bonchev–Trinajstić information content (AvgIpc) is 3.31. The third-order valence-electron chi connectivity index (χ3n) is 13.3. The molecule has 2 aliphatic heterocycles. The fourth-order valence-electron chi connectivity index (χ4n) is 8.64. The van der Waals surface area contributed by atoms with Crippen molar-refractivity contribution in [1.82, 2.24) is 0 Å². The van der Waals surface area contributed by atoms with E-state index in [1.165, 1.54) is 33.4 Å². The molecule has 0 bridgehead atoms. The maximum absolute atomic E-state index is 6.65. The molecule has 2 heterocycles. The summed E-state index contributed by atoms with van der Waals surface area (Å²) >= 11 is 0. The highest BCUT2D eigenvalue weighted by molar-refractivity contribution is 7.42. The molecule has 6 aromatic carbocycles. The van der Waals surface area contributed by atoms with Gasteiger partial charge in [0.25, 0.3) is 0 Å². The van der Waals surface area contributed by atoms with Crippen LogP contribution in [0.4, 0.5) is 0 Å². The van der Waals surface area contributed by atoms with Crippen LogP contribution in [0.25, 0.3) is 0 Å². The van der Waals surface area contributed by atoms with Gasteiger partial charge in [-0.2, -0.15) is 0 Å². The second-order valence-corrected chi connectivity index (χ2v) is 21.0. The number of benzene rings is 6. The average molecular weight is 867 g/mol. The molecule has 0 atom stereocenters. The van der Waals surface area contributed by atoms with Crippen LogP contribution in [-0.4, -0.2) is 26.4 Å². The van der Waals surface area contributed by atoms with Crippen molar-refractivity contribution in [3.63, 3.8) is 0 Å². The Morgan fingerprint density at radius 3 is 0.919 bits per heavy atom. The summed E-state index contributed by atoms with van der Waals surface area (Å²) in [5.41, 5.74) is 8.45. The minimum Gasteiger partial charge on any atom is -0.426 e. The van der Waals surface area contributed by atoms with E-state index in [1.54, 1.807) is 0 Å². The zero-order valence-electron chi connectivity index (χ0n) is 37.3. The van der Waals surface area contributed by atoms with Gasteiger partial charge in [-0.1, -0.05) is 201 Å². The van der Waals surface area contributed by atoms with Crippen LogP contribution in [0.5, 0.6) is 11.5 Å². The summed E-state index contributed by atoms with van der Waals surface area (Å²) < 4.78 is 38.7. The lowest BCUT2D eigenvalue weighted by molar-refractivity contribution is 0.00231. The molecule has 0 radical (unpaired) electrons. The lowest BCUT2D eigenvalue weighted by Gasteiger charge is -2.37. The Labute approximate surface area is 371 Å². The Bertz CT molecular complexity index is 2220. The highest BCUT2D eigenvalue weighted by Crippen LogP contribution is 2.53. The van der Waals surface area contributed by atoms with Gasteiger partial charge in [0.1, 0.15) is 11.5 Å². The third-order valence-corrected chi connectivity index (χ3v) is 15.5. The Balaban J connectivity index is 0.937. The van der Waals surface area contributed by atoms with Crippen LogP contribution in [0.3, 0.4) is 0 Å². The van der Waals surface area contributed by atoms with Crippen molar-refractivity contribution in [3.05, 3.63) is 202 Å². The molecule has 0 spiro atoms. The van der Waals surface area contributed by atoms with Crippen LogP contribution in [0, 0.1) is 11.8 Å². The topological polar surface area (TPSA) is 55.4 Å². The van der Waals surface area contributed by atoms with Gasteiger partial charge in [0.2, 0.25) is 0 Å². The maximum atomic E-state index is 6.65. The Hall–Kier alpha value is -4.38. The van der Waals surface area contributed by atoms with Crippen LogP contribution in [0.2, 0.25) is 0 Å². The van der Waals surface area contributed by atoms with Crippen molar-refractivity contribution in [2.45, 2.75) is 77.0 Å². The maximum Gasteiger partial charge on any atom is 0.397 e. The molecule has 0 aromatic heterocycles. The predicted molar refractivity (Wildman–Crippen MR) is 253 cm³/mol. The van der Waals surface area contributed by atoms with Crippen LogP contribution >= 0.6 is 17.2 Å². The van der Waals surface area contributed by atoms with Crippen molar-refractivity contribution in [3.8, 4) is 11.5 Å². The standard InChI is InChI=1S/C54H60O6P2/c1-51(2,41-21-13-9-14-22-41)45-29-31-49(47(33-45)53(5,6)43-25-17-11-18-26-43)59-61-55-35-39(36-56-61)40-37-57-62(58-38-40)60-50-32-30-46(52(3,4)42-23-15-10-16-24-42)34-48(50)54(7,8)44-27-19-12-20-28-44/h9-34,39-40H,35-38H2,1-8H3. The highest BCUT2D eigenvalue weighted by Gasteiger charge is 2.39.